The lowest BCUT2D eigenvalue weighted by Crippen LogP contribution is -2.35. The molecule has 0 N–H and O–H groups in total. The van der Waals surface area contributed by atoms with Gasteiger partial charge >= 0.3 is 5.97 Å². The van der Waals surface area contributed by atoms with Crippen molar-refractivity contribution in [2.75, 3.05) is 0 Å². The Morgan fingerprint density at radius 3 is 2.07 bits per heavy atom. The highest BCUT2D eigenvalue weighted by Gasteiger charge is 2.39. The van der Waals surface area contributed by atoms with Gasteiger partial charge < -0.3 is 9.53 Å². The first kappa shape index (κ1) is 20.0. The van der Waals surface area contributed by atoms with Crippen LogP contribution in [0.2, 0.25) is 0 Å². The number of ether oxygens (including phenoxy) is 1. The van der Waals surface area contributed by atoms with Crippen LogP contribution in [-0.2, 0) is 14.3 Å². The summed E-state index contributed by atoms with van der Waals surface area (Å²) in [5.41, 5.74) is 2.64. The maximum absolute atomic E-state index is 13.0. The number of hydrogen-bond acceptors (Lipinski definition) is 4. The Labute approximate surface area is 166 Å². The average Bonchev–Trinajstić information content (AvgIpc) is 3.18. The first-order chi connectivity index (χ1) is 13.6. The van der Waals surface area contributed by atoms with E-state index >= 15 is 0 Å². The van der Waals surface area contributed by atoms with Crippen LogP contribution in [0.4, 0.5) is 0 Å². The maximum Gasteiger partial charge on any atom is 0.331 e. The molecule has 3 atom stereocenters. The second-order valence-electron chi connectivity index (χ2n) is 7.53. The van der Waals surface area contributed by atoms with Crippen molar-refractivity contribution in [3.8, 4) is 0 Å². The summed E-state index contributed by atoms with van der Waals surface area (Å²) in [7, 11) is 0. The molecule has 28 heavy (non-hydrogen) atoms. The minimum Gasteiger partial charge on any atom is -0.461 e. The molecular formula is C24H27NO3. The largest absolute Gasteiger partial charge is 0.461 e. The molecule has 3 rings (SSSR count). The number of nitrogens with zero attached hydrogens (tertiary/aromatic N) is 1. The fourth-order valence-electron chi connectivity index (χ4n) is 3.85. The third-order valence-electron chi connectivity index (χ3n) is 5.16. The lowest BCUT2D eigenvalue weighted by atomic mass is 9.89. The smallest absolute Gasteiger partial charge is 0.331 e. The van der Waals surface area contributed by atoms with Gasteiger partial charge in [-0.2, -0.15) is 0 Å². The van der Waals surface area contributed by atoms with Gasteiger partial charge in [-0.1, -0.05) is 67.1 Å². The summed E-state index contributed by atoms with van der Waals surface area (Å²) < 4.78 is 5.53. The molecule has 0 amide bonds. The summed E-state index contributed by atoms with van der Waals surface area (Å²) in [6.45, 7) is 3.67. The van der Waals surface area contributed by atoms with Crippen molar-refractivity contribution in [1.29, 1.82) is 0 Å². The molecule has 1 aliphatic rings. The first-order valence-electron chi connectivity index (χ1n) is 9.94. The zero-order chi connectivity index (χ0) is 19.9. The van der Waals surface area contributed by atoms with E-state index in [1.807, 2.05) is 74.5 Å². The van der Waals surface area contributed by atoms with Crippen LogP contribution in [0.15, 0.2) is 65.7 Å². The van der Waals surface area contributed by atoms with E-state index in [-0.39, 0.29) is 23.9 Å². The molecule has 1 saturated carbocycles. The van der Waals surface area contributed by atoms with Gasteiger partial charge in [0, 0.05) is 23.0 Å². The maximum atomic E-state index is 13.0. The number of aliphatic imine (C=N–C) groups is 1. The lowest BCUT2D eigenvalue weighted by Gasteiger charge is -2.24. The fourth-order valence-corrected chi connectivity index (χ4v) is 3.85. The molecule has 1 unspecified atom stereocenters. The molecule has 0 spiro atoms. The monoisotopic (exact) mass is 377 g/mol. The second kappa shape index (κ2) is 9.45. The van der Waals surface area contributed by atoms with Gasteiger partial charge in [0.15, 0.2) is 6.04 Å². The summed E-state index contributed by atoms with van der Waals surface area (Å²) >= 11 is 0. The summed E-state index contributed by atoms with van der Waals surface area (Å²) in [5.74, 6) is -0.620. The van der Waals surface area contributed by atoms with Crippen LogP contribution in [0, 0.1) is 11.8 Å². The van der Waals surface area contributed by atoms with Gasteiger partial charge in [-0.3, -0.25) is 4.99 Å². The predicted molar refractivity (Wildman–Crippen MR) is 110 cm³/mol. The quantitative estimate of drug-likeness (QED) is 0.407. The van der Waals surface area contributed by atoms with Crippen molar-refractivity contribution in [2.45, 2.75) is 45.3 Å². The minimum atomic E-state index is -0.685. The van der Waals surface area contributed by atoms with Gasteiger partial charge in [-0.25, -0.2) is 4.79 Å². The van der Waals surface area contributed by atoms with Gasteiger partial charge in [-0.15, -0.1) is 0 Å². The van der Waals surface area contributed by atoms with Crippen molar-refractivity contribution in [3.63, 3.8) is 0 Å². The lowest BCUT2D eigenvalue weighted by molar-refractivity contribution is -0.150. The van der Waals surface area contributed by atoms with Crippen LogP contribution < -0.4 is 0 Å². The Bertz CT molecular complexity index is 773. The molecular weight excluding hydrogens is 350 g/mol. The minimum absolute atomic E-state index is 0.119. The summed E-state index contributed by atoms with van der Waals surface area (Å²) in [6, 6.07) is 19.0. The average molecular weight is 377 g/mol. The molecule has 0 radical (unpaired) electrons. The molecule has 1 fully saturated rings. The van der Waals surface area contributed by atoms with E-state index in [9.17, 15) is 9.59 Å². The SMILES string of the molecule is CC(C)OC(=O)[C@@H](N=C(c1ccccc1)c1ccccc1)[C@H]1CCCC1C=O. The highest BCUT2D eigenvalue weighted by molar-refractivity contribution is 6.13. The van der Waals surface area contributed by atoms with Gasteiger partial charge in [-0.05, 0) is 26.7 Å². The van der Waals surface area contributed by atoms with E-state index in [1.165, 1.54) is 0 Å². The Balaban J connectivity index is 2.08. The van der Waals surface area contributed by atoms with E-state index in [4.69, 9.17) is 9.73 Å². The molecule has 1 aliphatic carbocycles. The molecule has 2 aromatic rings. The Morgan fingerprint density at radius 2 is 1.57 bits per heavy atom. The number of esters is 1. The van der Waals surface area contributed by atoms with Crippen LogP contribution in [0.5, 0.6) is 0 Å². The standard InChI is InChI=1S/C24H27NO3/c1-17(2)28-24(27)23(21-15-9-14-20(21)16-26)25-22(18-10-5-3-6-11-18)19-12-7-4-8-13-19/h3-8,10-13,16-17,20-21,23H,9,14-15H2,1-2H3/t20?,21-,23-/m0/s1. The highest BCUT2D eigenvalue weighted by Crippen LogP contribution is 2.35. The van der Waals surface area contributed by atoms with Crippen LogP contribution in [0.3, 0.4) is 0 Å². The van der Waals surface area contributed by atoms with E-state index in [0.29, 0.717) is 0 Å². The van der Waals surface area contributed by atoms with Gasteiger partial charge in [0.2, 0.25) is 0 Å². The van der Waals surface area contributed by atoms with Crippen LogP contribution >= 0.6 is 0 Å². The van der Waals surface area contributed by atoms with Crippen molar-refractivity contribution in [1.82, 2.24) is 0 Å². The number of carbonyl (C=O) groups is 2. The Morgan fingerprint density at radius 1 is 1.00 bits per heavy atom. The topological polar surface area (TPSA) is 55.7 Å². The molecule has 0 aromatic heterocycles. The zero-order valence-corrected chi connectivity index (χ0v) is 16.5. The van der Waals surface area contributed by atoms with Crippen LogP contribution in [-0.4, -0.2) is 30.1 Å². The number of benzene rings is 2. The highest BCUT2D eigenvalue weighted by atomic mass is 16.5. The molecule has 0 saturated heterocycles. The molecule has 4 nitrogen and oxygen atoms in total. The normalized spacial score (nSPS) is 19.8. The first-order valence-corrected chi connectivity index (χ1v) is 9.94. The van der Waals surface area contributed by atoms with Crippen molar-refractivity contribution >= 4 is 18.0 Å². The summed E-state index contributed by atoms with van der Waals surface area (Å²) in [4.78, 5) is 29.5. The van der Waals surface area contributed by atoms with Crippen molar-refractivity contribution in [3.05, 3.63) is 71.8 Å². The molecule has 0 heterocycles. The Hall–Kier alpha value is -2.75. The summed E-state index contributed by atoms with van der Waals surface area (Å²) in [5, 5.41) is 0. The van der Waals surface area contributed by atoms with E-state index < -0.39 is 6.04 Å². The predicted octanol–water partition coefficient (Wildman–Crippen LogP) is 4.46. The third-order valence-corrected chi connectivity index (χ3v) is 5.16. The van der Waals surface area contributed by atoms with Crippen LogP contribution in [0.1, 0.15) is 44.2 Å². The van der Waals surface area contributed by atoms with Crippen LogP contribution in [0.25, 0.3) is 0 Å². The fraction of sp³-hybridized carbons (Fsp3) is 0.375. The van der Waals surface area contributed by atoms with E-state index in [1.54, 1.807) is 0 Å². The van der Waals surface area contributed by atoms with E-state index in [2.05, 4.69) is 0 Å². The van der Waals surface area contributed by atoms with Crippen molar-refractivity contribution in [2.24, 2.45) is 16.8 Å². The third kappa shape index (κ3) is 4.75. The Kier molecular flexibility index (Phi) is 6.75. The summed E-state index contributed by atoms with van der Waals surface area (Å²) in [6.07, 6.45) is 3.30. The molecule has 0 aliphatic heterocycles. The van der Waals surface area contributed by atoms with Gasteiger partial charge in [0.25, 0.3) is 0 Å². The zero-order valence-electron chi connectivity index (χ0n) is 16.5. The van der Waals surface area contributed by atoms with Gasteiger partial charge in [0.1, 0.15) is 6.29 Å². The van der Waals surface area contributed by atoms with E-state index in [0.717, 1.165) is 42.4 Å². The molecule has 2 aromatic carbocycles. The second-order valence-corrected chi connectivity index (χ2v) is 7.53. The molecule has 146 valence electrons. The molecule has 4 heteroatoms. The number of aldehydes is 1. The van der Waals surface area contributed by atoms with Crippen molar-refractivity contribution < 1.29 is 14.3 Å². The number of carbonyl (C=O) groups excluding carboxylic acids is 2. The molecule has 0 bridgehead atoms. The number of hydrogen-bond donors (Lipinski definition) is 0. The van der Waals surface area contributed by atoms with Gasteiger partial charge in [0.05, 0.1) is 11.8 Å². The number of rotatable bonds is 7.